The smallest absolute Gasteiger partial charge is 0.219 e. The van der Waals surface area contributed by atoms with E-state index in [1.165, 1.54) is 0 Å². The van der Waals surface area contributed by atoms with Crippen molar-refractivity contribution in [1.29, 1.82) is 0 Å². The Bertz CT molecular complexity index is 632. The fourth-order valence-electron chi connectivity index (χ4n) is 2.71. The molecule has 1 aliphatic rings. The molecule has 1 fully saturated rings. The van der Waals surface area contributed by atoms with Crippen molar-refractivity contribution in [2.24, 2.45) is 0 Å². The molecule has 5 heteroatoms. The maximum Gasteiger partial charge on any atom is 0.219 e. The largest absolute Gasteiger partial charge is 0.464 e. The summed E-state index contributed by atoms with van der Waals surface area (Å²) in [6, 6.07) is 9.63. The van der Waals surface area contributed by atoms with Gasteiger partial charge in [0.05, 0.1) is 17.0 Å². The van der Waals surface area contributed by atoms with Gasteiger partial charge in [-0.15, -0.1) is 0 Å². The summed E-state index contributed by atoms with van der Waals surface area (Å²) in [5.41, 5.74) is 1.97. The van der Waals surface area contributed by atoms with Gasteiger partial charge in [-0.1, -0.05) is 17.7 Å². The third-order valence-electron chi connectivity index (χ3n) is 3.81. The third-order valence-corrected chi connectivity index (χ3v) is 4.12. The maximum absolute atomic E-state index is 11.4. The van der Waals surface area contributed by atoms with Crippen LogP contribution in [0, 0.1) is 0 Å². The predicted molar refractivity (Wildman–Crippen MR) is 83.6 cm³/mol. The Morgan fingerprint density at radius 3 is 2.52 bits per heavy atom. The lowest BCUT2D eigenvalue weighted by molar-refractivity contribution is -0.129. The number of hydrogen-bond acceptors (Lipinski definition) is 3. The highest BCUT2D eigenvalue weighted by molar-refractivity contribution is 6.34. The zero-order valence-electron chi connectivity index (χ0n) is 11.9. The van der Waals surface area contributed by atoms with E-state index in [0.29, 0.717) is 5.02 Å². The van der Waals surface area contributed by atoms with E-state index in [9.17, 15) is 4.79 Å². The number of halogens is 1. The Labute approximate surface area is 128 Å². The normalized spacial score (nSPS) is 15.3. The molecule has 1 aromatic heterocycles. The zero-order chi connectivity index (χ0) is 14.8. The van der Waals surface area contributed by atoms with E-state index in [0.717, 1.165) is 43.2 Å². The SMILES string of the molecule is CC(=O)N1CCN(c2c(Cl)cccc2-c2ccco2)CC1. The summed E-state index contributed by atoms with van der Waals surface area (Å²) in [6.45, 7) is 4.60. The first kappa shape index (κ1) is 14.0. The molecular formula is C16H17ClN2O2. The van der Waals surface area contributed by atoms with Crippen LogP contribution in [0.1, 0.15) is 6.92 Å². The van der Waals surface area contributed by atoms with Crippen molar-refractivity contribution in [3.8, 4) is 11.3 Å². The third kappa shape index (κ3) is 2.76. The zero-order valence-corrected chi connectivity index (χ0v) is 12.6. The number of amides is 1. The van der Waals surface area contributed by atoms with E-state index in [1.807, 2.05) is 35.2 Å². The maximum atomic E-state index is 11.4. The molecule has 0 atom stereocenters. The first-order valence-corrected chi connectivity index (χ1v) is 7.37. The first-order chi connectivity index (χ1) is 10.2. The van der Waals surface area contributed by atoms with Crippen LogP contribution >= 0.6 is 11.6 Å². The van der Waals surface area contributed by atoms with Crippen LogP contribution in [0.15, 0.2) is 41.0 Å². The molecule has 2 heterocycles. The highest BCUT2D eigenvalue weighted by Gasteiger charge is 2.23. The lowest BCUT2D eigenvalue weighted by Gasteiger charge is -2.36. The standard InChI is InChI=1S/C16H17ClN2O2/c1-12(20)18-7-9-19(10-8-18)16-13(4-2-5-14(16)17)15-6-3-11-21-15/h2-6,11H,7-10H2,1H3. The molecule has 0 bridgehead atoms. The summed E-state index contributed by atoms with van der Waals surface area (Å²) in [5, 5.41) is 0.708. The Morgan fingerprint density at radius 2 is 1.90 bits per heavy atom. The number of carbonyl (C=O) groups excluding carboxylic acids is 1. The number of carbonyl (C=O) groups is 1. The van der Waals surface area contributed by atoms with Crippen molar-refractivity contribution >= 4 is 23.2 Å². The molecule has 0 spiro atoms. The molecule has 0 aliphatic carbocycles. The molecule has 1 aromatic carbocycles. The molecule has 1 amide bonds. The molecule has 2 aromatic rings. The number of piperazine rings is 1. The van der Waals surface area contributed by atoms with Gasteiger partial charge in [-0.2, -0.15) is 0 Å². The van der Waals surface area contributed by atoms with Gasteiger partial charge in [-0.05, 0) is 24.3 Å². The second-order valence-electron chi connectivity index (χ2n) is 5.11. The van der Waals surface area contributed by atoms with E-state index in [1.54, 1.807) is 13.2 Å². The molecule has 0 radical (unpaired) electrons. The van der Waals surface area contributed by atoms with Crippen LogP contribution in [0.5, 0.6) is 0 Å². The number of benzene rings is 1. The van der Waals surface area contributed by atoms with Gasteiger partial charge < -0.3 is 14.2 Å². The van der Waals surface area contributed by atoms with Gasteiger partial charge in [0.25, 0.3) is 0 Å². The second kappa shape index (κ2) is 5.82. The summed E-state index contributed by atoms with van der Waals surface area (Å²) in [4.78, 5) is 15.5. The molecular weight excluding hydrogens is 288 g/mol. The molecule has 110 valence electrons. The molecule has 1 saturated heterocycles. The quantitative estimate of drug-likeness (QED) is 0.854. The summed E-state index contributed by atoms with van der Waals surface area (Å²) in [5.74, 6) is 0.932. The number of furan rings is 1. The van der Waals surface area contributed by atoms with Gasteiger partial charge in [0.1, 0.15) is 5.76 Å². The van der Waals surface area contributed by atoms with Crippen LogP contribution in [0.3, 0.4) is 0 Å². The van der Waals surface area contributed by atoms with E-state index in [2.05, 4.69) is 4.90 Å². The summed E-state index contributed by atoms with van der Waals surface area (Å²) in [7, 11) is 0. The molecule has 3 rings (SSSR count). The minimum absolute atomic E-state index is 0.125. The first-order valence-electron chi connectivity index (χ1n) is 6.99. The molecule has 21 heavy (non-hydrogen) atoms. The highest BCUT2D eigenvalue weighted by Crippen LogP contribution is 2.37. The lowest BCUT2D eigenvalue weighted by atomic mass is 10.1. The van der Waals surface area contributed by atoms with Crippen LogP contribution in [-0.2, 0) is 4.79 Å². The number of rotatable bonds is 2. The van der Waals surface area contributed by atoms with Gasteiger partial charge in [-0.25, -0.2) is 0 Å². The summed E-state index contributed by atoms with van der Waals surface area (Å²) in [6.07, 6.45) is 1.66. The van der Waals surface area contributed by atoms with E-state index in [-0.39, 0.29) is 5.91 Å². The van der Waals surface area contributed by atoms with Gasteiger partial charge in [-0.3, -0.25) is 4.79 Å². The Hall–Kier alpha value is -1.94. The molecule has 1 aliphatic heterocycles. The van der Waals surface area contributed by atoms with Crippen LogP contribution < -0.4 is 4.90 Å². The van der Waals surface area contributed by atoms with Crippen molar-refractivity contribution in [2.75, 3.05) is 31.1 Å². The lowest BCUT2D eigenvalue weighted by Crippen LogP contribution is -2.48. The van der Waals surface area contributed by atoms with Crippen LogP contribution in [-0.4, -0.2) is 37.0 Å². The van der Waals surface area contributed by atoms with E-state index < -0.39 is 0 Å². The van der Waals surface area contributed by atoms with Crippen molar-refractivity contribution in [3.05, 3.63) is 41.6 Å². The topological polar surface area (TPSA) is 36.7 Å². The molecule has 0 saturated carbocycles. The van der Waals surface area contributed by atoms with Gasteiger partial charge in [0.15, 0.2) is 0 Å². The van der Waals surface area contributed by atoms with Gasteiger partial charge in [0, 0.05) is 38.7 Å². The number of anilines is 1. The Balaban J connectivity index is 1.91. The Kier molecular flexibility index (Phi) is 3.88. The van der Waals surface area contributed by atoms with Crippen LogP contribution in [0.25, 0.3) is 11.3 Å². The average molecular weight is 305 g/mol. The van der Waals surface area contributed by atoms with Crippen molar-refractivity contribution < 1.29 is 9.21 Å². The van der Waals surface area contributed by atoms with Gasteiger partial charge >= 0.3 is 0 Å². The van der Waals surface area contributed by atoms with Crippen molar-refractivity contribution in [3.63, 3.8) is 0 Å². The Morgan fingerprint density at radius 1 is 1.14 bits per heavy atom. The highest BCUT2D eigenvalue weighted by atomic mass is 35.5. The molecule has 0 N–H and O–H groups in total. The predicted octanol–water partition coefficient (Wildman–Crippen LogP) is 3.27. The number of nitrogens with zero attached hydrogens (tertiary/aromatic N) is 2. The average Bonchev–Trinajstić information content (AvgIpc) is 3.01. The minimum Gasteiger partial charge on any atom is -0.464 e. The molecule has 0 unspecified atom stereocenters. The van der Waals surface area contributed by atoms with Crippen LogP contribution in [0.2, 0.25) is 5.02 Å². The fraction of sp³-hybridized carbons (Fsp3) is 0.312. The summed E-state index contributed by atoms with van der Waals surface area (Å²) >= 11 is 6.41. The van der Waals surface area contributed by atoms with E-state index >= 15 is 0 Å². The number of hydrogen-bond donors (Lipinski definition) is 0. The second-order valence-corrected chi connectivity index (χ2v) is 5.51. The van der Waals surface area contributed by atoms with Crippen molar-refractivity contribution in [2.45, 2.75) is 6.92 Å². The molecule has 4 nitrogen and oxygen atoms in total. The van der Waals surface area contributed by atoms with E-state index in [4.69, 9.17) is 16.0 Å². The minimum atomic E-state index is 0.125. The fourth-order valence-corrected chi connectivity index (χ4v) is 3.01. The van der Waals surface area contributed by atoms with Crippen molar-refractivity contribution in [1.82, 2.24) is 4.90 Å². The monoisotopic (exact) mass is 304 g/mol. The van der Waals surface area contributed by atoms with Gasteiger partial charge in [0.2, 0.25) is 5.91 Å². The summed E-state index contributed by atoms with van der Waals surface area (Å²) < 4.78 is 5.52. The number of para-hydroxylation sites is 1. The van der Waals surface area contributed by atoms with Crippen LogP contribution in [0.4, 0.5) is 5.69 Å².